The molecule has 0 saturated heterocycles. The SMILES string of the molecule is Cc1nn(-c2ccc([C@@H](C)O)cc2Br)c(C)c1Br. The standard InChI is InChI=1S/C13H14Br2N2O/c1-7-13(15)8(2)17(16-7)12-5-4-10(9(3)18)6-11(12)14/h4-6,9,18H,1-3H3/t9-/m1/s1. The van der Waals surface area contributed by atoms with Crippen LogP contribution < -0.4 is 0 Å². The van der Waals surface area contributed by atoms with Crippen molar-refractivity contribution in [2.45, 2.75) is 26.9 Å². The Kier molecular flexibility index (Phi) is 3.94. The molecule has 18 heavy (non-hydrogen) atoms. The van der Waals surface area contributed by atoms with Crippen LogP contribution in [0.2, 0.25) is 0 Å². The molecular formula is C13H14Br2N2O. The van der Waals surface area contributed by atoms with E-state index in [0.29, 0.717) is 0 Å². The minimum absolute atomic E-state index is 0.470. The predicted octanol–water partition coefficient (Wildman–Crippen LogP) is 4.07. The quantitative estimate of drug-likeness (QED) is 0.861. The average molecular weight is 374 g/mol. The molecule has 0 spiro atoms. The Labute approximate surface area is 123 Å². The molecule has 96 valence electrons. The van der Waals surface area contributed by atoms with Crippen molar-refractivity contribution in [3.05, 3.63) is 44.1 Å². The van der Waals surface area contributed by atoms with E-state index in [1.807, 2.05) is 36.7 Å². The lowest BCUT2D eigenvalue weighted by Gasteiger charge is -2.10. The molecule has 1 aromatic heterocycles. The Morgan fingerprint density at radius 3 is 2.39 bits per heavy atom. The zero-order chi connectivity index (χ0) is 13.4. The van der Waals surface area contributed by atoms with E-state index in [1.54, 1.807) is 6.92 Å². The third kappa shape index (κ3) is 2.39. The average Bonchev–Trinajstić information content (AvgIpc) is 2.57. The van der Waals surface area contributed by atoms with E-state index in [1.165, 1.54) is 0 Å². The van der Waals surface area contributed by atoms with Gasteiger partial charge in [0.25, 0.3) is 0 Å². The molecule has 5 heteroatoms. The highest BCUT2D eigenvalue weighted by atomic mass is 79.9. The van der Waals surface area contributed by atoms with Crippen LogP contribution in [0.5, 0.6) is 0 Å². The molecule has 0 aliphatic rings. The summed E-state index contributed by atoms with van der Waals surface area (Å²) in [5.41, 5.74) is 3.86. The van der Waals surface area contributed by atoms with Crippen LogP contribution >= 0.6 is 31.9 Å². The maximum Gasteiger partial charge on any atom is 0.0791 e. The van der Waals surface area contributed by atoms with Gasteiger partial charge in [0.05, 0.1) is 27.7 Å². The fraction of sp³-hybridized carbons (Fsp3) is 0.308. The van der Waals surface area contributed by atoms with E-state index in [9.17, 15) is 5.11 Å². The van der Waals surface area contributed by atoms with Crippen molar-refractivity contribution in [3.8, 4) is 5.69 Å². The lowest BCUT2D eigenvalue weighted by atomic mass is 10.1. The molecule has 0 saturated carbocycles. The van der Waals surface area contributed by atoms with Crippen molar-refractivity contribution in [1.29, 1.82) is 0 Å². The lowest BCUT2D eigenvalue weighted by molar-refractivity contribution is 0.199. The minimum Gasteiger partial charge on any atom is -0.389 e. The van der Waals surface area contributed by atoms with Crippen molar-refractivity contribution < 1.29 is 5.11 Å². The number of aliphatic hydroxyl groups is 1. The van der Waals surface area contributed by atoms with Crippen LogP contribution in [-0.4, -0.2) is 14.9 Å². The van der Waals surface area contributed by atoms with E-state index < -0.39 is 6.10 Å². The van der Waals surface area contributed by atoms with Gasteiger partial charge in [0, 0.05) is 4.47 Å². The molecule has 0 radical (unpaired) electrons. The third-order valence-electron chi connectivity index (χ3n) is 2.89. The highest BCUT2D eigenvalue weighted by molar-refractivity contribution is 9.11. The van der Waals surface area contributed by atoms with E-state index >= 15 is 0 Å². The van der Waals surface area contributed by atoms with Crippen LogP contribution in [0.25, 0.3) is 5.69 Å². The van der Waals surface area contributed by atoms with Gasteiger partial charge < -0.3 is 5.11 Å². The maximum absolute atomic E-state index is 9.56. The van der Waals surface area contributed by atoms with Gasteiger partial charge >= 0.3 is 0 Å². The molecule has 1 N–H and O–H groups in total. The summed E-state index contributed by atoms with van der Waals surface area (Å²) in [5.74, 6) is 0. The number of hydrogen-bond donors (Lipinski definition) is 1. The Hall–Kier alpha value is -0.650. The summed E-state index contributed by atoms with van der Waals surface area (Å²) in [4.78, 5) is 0. The van der Waals surface area contributed by atoms with Gasteiger partial charge in [-0.05, 0) is 70.3 Å². The molecule has 1 heterocycles. The van der Waals surface area contributed by atoms with Crippen LogP contribution in [0.15, 0.2) is 27.1 Å². The first-order valence-electron chi connectivity index (χ1n) is 5.61. The second-order valence-corrected chi connectivity index (χ2v) is 5.93. The van der Waals surface area contributed by atoms with Gasteiger partial charge in [-0.25, -0.2) is 4.68 Å². The number of halogens is 2. The highest BCUT2D eigenvalue weighted by Gasteiger charge is 2.13. The van der Waals surface area contributed by atoms with Gasteiger partial charge in [-0.1, -0.05) is 6.07 Å². The van der Waals surface area contributed by atoms with Crippen molar-refractivity contribution in [2.75, 3.05) is 0 Å². The van der Waals surface area contributed by atoms with Crippen LogP contribution in [0.4, 0.5) is 0 Å². The molecular weight excluding hydrogens is 360 g/mol. The second-order valence-electron chi connectivity index (χ2n) is 4.28. The molecule has 0 bridgehead atoms. The Bertz CT molecular complexity index is 591. The molecule has 0 fully saturated rings. The molecule has 0 aliphatic carbocycles. The Balaban J connectivity index is 2.54. The van der Waals surface area contributed by atoms with Gasteiger partial charge in [-0.15, -0.1) is 0 Å². The summed E-state index contributed by atoms with van der Waals surface area (Å²) in [5, 5.41) is 14.1. The Morgan fingerprint density at radius 2 is 1.94 bits per heavy atom. The van der Waals surface area contributed by atoms with Crippen LogP contribution in [0.1, 0.15) is 30.0 Å². The smallest absolute Gasteiger partial charge is 0.0791 e. The van der Waals surface area contributed by atoms with Gasteiger partial charge in [-0.2, -0.15) is 5.10 Å². The first-order chi connectivity index (χ1) is 8.41. The molecule has 0 amide bonds. The van der Waals surface area contributed by atoms with Gasteiger partial charge in [-0.3, -0.25) is 0 Å². The summed E-state index contributed by atoms with van der Waals surface area (Å²) >= 11 is 7.05. The number of aliphatic hydroxyl groups excluding tert-OH is 1. The molecule has 2 aromatic rings. The fourth-order valence-electron chi connectivity index (χ4n) is 1.81. The normalized spacial score (nSPS) is 12.8. The van der Waals surface area contributed by atoms with Crippen molar-refractivity contribution in [3.63, 3.8) is 0 Å². The number of nitrogens with zero attached hydrogens (tertiary/aromatic N) is 2. The first-order valence-corrected chi connectivity index (χ1v) is 7.20. The summed E-state index contributed by atoms with van der Waals surface area (Å²) < 4.78 is 3.82. The van der Waals surface area contributed by atoms with Gasteiger partial charge in [0.1, 0.15) is 0 Å². The van der Waals surface area contributed by atoms with Crippen molar-refractivity contribution in [1.82, 2.24) is 9.78 Å². The third-order valence-corrected chi connectivity index (χ3v) is 4.67. The number of aryl methyl sites for hydroxylation is 1. The molecule has 1 aromatic carbocycles. The number of benzene rings is 1. The molecule has 1 atom stereocenters. The zero-order valence-electron chi connectivity index (χ0n) is 10.4. The van der Waals surface area contributed by atoms with E-state index in [4.69, 9.17) is 0 Å². The summed E-state index contributed by atoms with van der Waals surface area (Å²) in [7, 11) is 0. The largest absolute Gasteiger partial charge is 0.389 e. The summed E-state index contributed by atoms with van der Waals surface area (Å²) in [6.45, 7) is 5.73. The fourth-order valence-corrected chi connectivity index (χ4v) is 2.62. The van der Waals surface area contributed by atoms with E-state index in [2.05, 4.69) is 37.0 Å². The summed E-state index contributed by atoms with van der Waals surface area (Å²) in [6, 6.07) is 5.79. The van der Waals surface area contributed by atoms with Crippen molar-refractivity contribution in [2.24, 2.45) is 0 Å². The molecule has 0 aliphatic heterocycles. The molecule has 2 rings (SSSR count). The summed E-state index contributed by atoms with van der Waals surface area (Å²) in [6.07, 6.45) is -0.470. The molecule has 3 nitrogen and oxygen atoms in total. The van der Waals surface area contributed by atoms with Crippen LogP contribution in [-0.2, 0) is 0 Å². The number of hydrogen-bond acceptors (Lipinski definition) is 2. The van der Waals surface area contributed by atoms with Crippen LogP contribution in [0, 0.1) is 13.8 Å². The second kappa shape index (κ2) is 5.15. The Morgan fingerprint density at radius 1 is 1.28 bits per heavy atom. The topological polar surface area (TPSA) is 38.0 Å². The number of rotatable bonds is 2. The van der Waals surface area contributed by atoms with Gasteiger partial charge in [0.15, 0.2) is 0 Å². The van der Waals surface area contributed by atoms with Crippen LogP contribution in [0.3, 0.4) is 0 Å². The maximum atomic E-state index is 9.56. The highest BCUT2D eigenvalue weighted by Crippen LogP contribution is 2.29. The first kappa shape index (κ1) is 13.8. The zero-order valence-corrected chi connectivity index (χ0v) is 13.6. The van der Waals surface area contributed by atoms with E-state index in [0.717, 1.165) is 31.6 Å². The lowest BCUT2D eigenvalue weighted by Crippen LogP contribution is -2.01. The van der Waals surface area contributed by atoms with Crippen molar-refractivity contribution >= 4 is 31.9 Å². The monoisotopic (exact) mass is 372 g/mol. The number of aromatic nitrogens is 2. The van der Waals surface area contributed by atoms with Gasteiger partial charge in [0.2, 0.25) is 0 Å². The molecule has 0 unspecified atom stereocenters. The predicted molar refractivity (Wildman–Crippen MR) is 79.1 cm³/mol. The van der Waals surface area contributed by atoms with E-state index in [-0.39, 0.29) is 0 Å². The minimum atomic E-state index is -0.470.